The average Bonchev–Trinajstić information content (AvgIpc) is 3.47. The van der Waals surface area contributed by atoms with E-state index >= 15 is 0 Å². The molecule has 2 N–H and O–H groups in total. The van der Waals surface area contributed by atoms with Crippen molar-refractivity contribution in [3.8, 4) is 5.75 Å². The fourth-order valence-corrected chi connectivity index (χ4v) is 4.20. The molecule has 3 heterocycles. The van der Waals surface area contributed by atoms with E-state index in [0.29, 0.717) is 13.0 Å². The van der Waals surface area contributed by atoms with E-state index in [1.54, 1.807) is 18.4 Å². The number of hydrogen-bond acceptors (Lipinski definition) is 3. The molecule has 6 heteroatoms. The van der Waals surface area contributed by atoms with Crippen LogP contribution in [0.25, 0.3) is 10.9 Å². The number of thiophene rings is 1. The Balaban J connectivity index is 1.38. The van der Waals surface area contributed by atoms with Gasteiger partial charge in [-0.15, -0.1) is 0 Å². The third-order valence-corrected chi connectivity index (χ3v) is 5.69. The molecule has 1 unspecified atom stereocenters. The minimum Gasteiger partial charge on any atom is -0.497 e. The van der Waals surface area contributed by atoms with Gasteiger partial charge in [-0.2, -0.15) is 11.3 Å². The number of rotatable bonds is 8. The first-order valence-electron chi connectivity index (χ1n) is 9.30. The molecule has 0 bridgehead atoms. The van der Waals surface area contributed by atoms with Gasteiger partial charge < -0.3 is 19.6 Å². The molecule has 1 amide bonds. The van der Waals surface area contributed by atoms with Crippen molar-refractivity contribution in [2.45, 2.75) is 18.9 Å². The molecule has 0 radical (unpaired) electrons. The number of aromatic nitrogens is 2. The summed E-state index contributed by atoms with van der Waals surface area (Å²) in [5.41, 5.74) is 3.42. The highest BCUT2D eigenvalue weighted by atomic mass is 32.1. The Morgan fingerprint density at radius 2 is 2.14 bits per heavy atom. The Morgan fingerprint density at radius 3 is 2.89 bits per heavy atom. The van der Waals surface area contributed by atoms with E-state index in [-0.39, 0.29) is 11.9 Å². The third kappa shape index (κ3) is 3.97. The Bertz CT molecular complexity index is 1000. The fraction of sp³-hybridized carbons (Fsp3) is 0.227. The lowest BCUT2D eigenvalue weighted by Gasteiger charge is -2.18. The summed E-state index contributed by atoms with van der Waals surface area (Å²) in [4.78, 5) is 15.9. The second kappa shape index (κ2) is 8.35. The predicted octanol–water partition coefficient (Wildman–Crippen LogP) is 4.38. The smallest absolute Gasteiger partial charge is 0.222 e. The lowest BCUT2D eigenvalue weighted by molar-refractivity contribution is -0.121. The van der Waals surface area contributed by atoms with E-state index in [2.05, 4.69) is 31.7 Å². The SMILES string of the molecule is COc1ccc2[nH]cc(CCNC(=O)CC(c3ccsc3)n3cccc3)c2c1. The van der Waals surface area contributed by atoms with Gasteiger partial charge in [-0.05, 0) is 64.7 Å². The van der Waals surface area contributed by atoms with Gasteiger partial charge in [-0.25, -0.2) is 0 Å². The molecular weight excluding hydrogens is 370 g/mol. The summed E-state index contributed by atoms with van der Waals surface area (Å²) in [6.45, 7) is 0.602. The van der Waals surface area contributed by atoms with Crippen LogP contribution in [-0.2, 0) is 11.2 Å². The van der Waals surface area contributed by atoms with Crippen molar-refractivity contribution >= 4 is 28.1 Å². The molecule has 144 valence electrons. The standard InChI is InChI=1S/C22H23N3O2S/c1-27-18-4-5-20-19(12-18)16(14-24-20)6-8-23-22(26)13-21(17-7-11-28-15-17)25-9-2-3-10-25/h2-5,7,9-12,14-15,21,24H,6,8,13H2,1H3,(H,23,26). The molecule has 0 saturated heterocycles. The highest BCUT2D eigenvalue weighted by Gasteiger charge is 2.17. The fourth-order valence-electron chi connectivity index (χ4n) is 3.49. The van der Waals surface area contributed by atoms with Crippen molar-refractivity contribution in [1.29, 1.82) is 0 Å². The first-order chi connectivity index (χ1) is 13.7. The predicted molar refractivity (Wildman–Crippen MR) is 113 cm³/mol. The number of aromatic amines is 1. The van der Waals surface area contributed by atoms with Crippen LogP contribution in [0.2, 0.25) is 0 Å². The van der Waals surface area contributed by atoms with Gasteiger partial charge >= 0.3 is 0 Å². The molecule has 4 aromatic rings. The van der Waals surface area contributed by atoms with Crippen LogP contribution in [0, 0.1) is 0 Å². The number of benzene rings is 1. The highest BCUT2D eigenvalue weighted by molar-refractivity contribution is 7.08. The summed E-state index contributed by atoms with van der Waals surface area (Å²) >= 11 is 1.65. The molecule has 1 aromatic carbocycles. The van der Waals surface area contributed by atoms with Crippen LogP contribution in [0.15, 0.2) is 65.7 Å². The number of nitrogens with zero attached hydrogens (tertiary/aromatic N) is 1. The number of methoxy groups -OCH3 is 1. The van der Waals surface area contributed by atoms with Crippen molar-refractivity contribution in [3.05, 3.63) is 76.9 Å². The van der Waals surface area contributed by atoms with E-state index in [9.17, 15) is 4.79 Å². The molecule has 5 nitrogen and oxygen atoms in total. The normalized spacial score (nSPS) is 12.2. The number of carbonyl (C=O) groups is 1. The summed E-state index contributed by atoms with van der Waals surface area (Å²) in [6, 6.07) is 12.1. The molecule has 0 fully saturated rings. The maximum atomic E-state index is 12.6. The van der Waals surface area contributed by atoms with Gasteiger partial charge in [0.2, 0.25) is 5.91 Å². The molecule has 0 spiro atoms. The third-order valence-electron chi connectivity index (χ3n) is 4.99. The van der Waals surface area contributed by atoms with Crippen LogP contribution in [0.4, 0.5) is 0 Å². The lowest BCUT2D eigenvalue weighted by Crippen LogP contribution is -2.28. The molecular formula is C22H23N3O2S. The van der Waals surface area contributed by atoms with Crippen LogP contribution < -0.4 is 10.1 Å². The maximum absolute atomic E-state index is 12.6. The monoisotopic (exact) mass is 393 g/mol. The zero-order chi connectivity index (χ0) is 19.3. The van der Waals surface area contributed by atoms with E-state index in [4.69, 9.17) is 4.74 Å². The molecule has 0 saturated carbocycles. The van der Waals surface area contributed by atoms with Crippen molar-refractivity contribution in [1.82, 2.24) is 14.9 Å². The van der Waals surface area contributed by atoms with Gasteiger partial charge in [0.1, 0.15) is 5.75 Å². The number of ether oxygens (including phenoxy) is 1. The van der Waals surface area contributed by atoms with Crippen LogP contribution in [0.1, 0.15) is 23.6 Å². The molecule has 0 aliphatic rings. The summed E-state index contributed by atoms with van der Waals surface area (Å²) < 4.78 is 7.41. The first kappa shape index (κ1) is 18.4. The van der Waals surface area contributed by atoms with Crippen molar-refractivity contribution in [2.24, 2.45) is 0 Å². The van der Waals surface area contributed by atoms with E-state index in [1.165, 1.54) is 11.1 Å². The Morgan fingerprint density at radius 1 is 1.29 bits per heavy atom. The van der Waals surface area contributed by atoms with Gasteiger partial charge in [0, 0.05) is 36.0 Å². The van der Waals surface area contributed by atoms with E-state index < -0.39 is 0 Å². The molecule has 28 heavy (non-hydrogen) atoms. The van der Waals surface area contributed by atoms with Crippen molar-refractivity contribution in [3.63, 3.8) is 0 Å². The summed E-state index contributed by atoms with van der Waals surface area (Å²) in [5.74, 6) is 0.894. The number of fused-ring (bicyclic) bond motifs is 1. The minimum atomic E-state index is 0.0265. The van der Waals surface area contributed by atoms with Gasteiger partial charge in [-0.1, -0.05) is 0 Å². The van der Waals surface area contributed by atoms with E-state index in [1.807, 2.05) is 48.9 Å². The summed E-state index contributed by atoms with van der Waals surface area (Å²) in [5, 5.41) is 8.37. The lowest BCUT2D eigenvalue weighted by atomic mass is 10.1. The van der Waals surface area contributed by atoms with Crippen LogP contribution in [-0.4, -0.2) is 29.1 Å². The number of amides is 1. The van der Waals surface area contributed by atoms with Crippen LogP contribution in [0.5, 0.6) is 5.75 Å². The molecule has 1 atom stereocenters. The first-order valence-corrected chi connectivity index (χ1v) is 10.2. The van der Waals surface area contributed by atoms with Crippen molar-refractivity contribution < 1.29 is 9.53 Å². The number of carbonyl (C=O) groups excluding carboxylic acids is 1. The largest absolute Gasteiger partial charge is 0.497 e. The van der Waals surface area contributed by atoms with E-state index in [0.717, 1.165) is 23.1 Å². The van der Waals surface area contributed by atoms with Crippen molar-refractivity contribution in [2.75, 3.05) is 13.7 Å². The zero-order valence-electron chi connectivity index (χ0n) is 15.7. The second-order valence-electron chi connectivity index (χ2n) is 6.73. The Kier molecular flexibility index (Phi) is 5.48. The Hall–Kier alpha value is -2.99. The maximum Gasteiger partial charge on any atom is 0.222 e. The van der Waals surface area contributed by atoms with Gasteiger partial charge in [0.25, 0.3) is 0 Å². The van der Waals surface area contributed by atoms with Gasteiger partial charge in [0.05, 0.1) is 19.6 Å². The highest BCUT2D eigenvalue weighted by Crippen LogP contribution is 2.25. The minimum absolute atomic E-state index is 0.0265. The molecule has 4 rings (SSSR count). The van der Waals surface area contributed by atoms with Crippen LogP contribution in [0.3, 0.4) is 0 Å². The molecule has 0 aliphatic carbocycles. The molecule has 0 aliphatic heterocycles. The topological polar surface area (TPSA) is 59.0 Å². The molecule has 3 aromatic heterocycles. The number of H-pyrrole nitrogens is 1. The number of nitrogens with one attached hydrogen (secondary N) is 2. The van der Waals surface area contributed by atoms with Gasteiger partial charge in [-0.3, -0.25) is 4.79 Å². The summed E-state index contributed by atoms with van der Waals surface area (Å²) in [6.07, 6.45) is 7.22. The zero-order valence-corrected chi connectivity index (χ0v) is 16.5. The van der Waals surface area contributed by atoms with Crippen LogP contribution >= 0.6 is 11.3 Å². The Labute approximate surface area is 168 Å². The quantitative estimate of drug-likeness (QED) is 0.467. The average molecular weight is 394 g/mol. The van der Waals surface area contributed by atoms with Gasteiger partial charge in [0.15, 0.2) is 0 Å². The second-order valence-corrected chi connectivity index (χ2v) is 7.51. The summed E-state index contributed by atoms with van der Waals surface area (Å²) in [7, 11) is 1.67. The number of hydrogen-bond donors (Lipinski definition) is 2.